The minimum absolute atomic E-state index is 0.0114. The van der Waals surface area contributed by atoms with Crippen molar-refractivity contribution in [3.05, 3.63) is 11.8 Å². The van der Waals surface area contributed by atoms with Crippen LogP contribution in [0.3, 0.4) is 0 Å². The summed E-state index contributed by atoms with van der Waals surface area (Å²) in [5.41, 5.74) is 5.94. The maximum Gasteiger partial charge on any atom is 0.312 e. The molecule has 1 aromatic rings. The minimum atomic E-state index is -0.862. The zero-order valence-electron chi connectivity index (χ0n) is 7.61. The zero-order chi connectivity index (χ0) is 10.0. The van der Waals surface area contributed by atoms with Gasteiger partial charge in [-0.2, -0.15) is 5.10 Å². The maximum absolute atomic E-state index is 10.9. The summed E-state index contributed by atoms with van der Waals surface area (Å²) in [4.78, 5) is 10.9. The van der Waals surface area contributed by atoms with E-state index in [9.17, 15) is 4.79 Å². The fraction of sp³-hybridized carbons (Fsp3) is 0.500. The molecule has 1 aromatic heterocycles. The first kappa shape index (κ1) is 9.57. The third kappa shape index (κ3) is 1.99. The van der Waals surface area contributed by atoms with E-state index in [1.165, 1.54) is 0 Å². The summed E-state index contributed by atoms with van der Waals surface area (Å²) in [7, 11) is 0. The smallest absolute Gasteiger partial charge is 0.312 e. The van der Waals surface area contributed by atoms with E-state index in [1.807, 2.05) is 13.8 Å². The fourth-order valence-corrected chi connectivity index (χ4v) is 1.29. The van der Waals surface area contributed by atoms with Gasteiger partial charge in [-0.15, -0.1) is 0 Å². The average Bonchev–Trinajstić information content (AvgIpc) is 2.34. The van der Waals surface area contributed by atoms with Crippen LogP contribution in [-0.4, -0.2) is 21.3 Å². The summed E-state index contributed by atoms with van der Waals surface area (Å²) in [6, 6.07) is 1.55. The van der Waals surface area contributed by atoms with Gasteiger partial charge in [0.25, 0.3) is 0 Å². The molecule has 0 aliphatic carbocycles. The summed E-state index contributed by atoms with van der Waals surface area (Å²) < 4.78 is 0. The summed E-state index contributed by atoms with van der Waals surface area (Å²) in [5.74, 6) is -1.09. The van der Waals surface area contributed by atoms with Gasteiger partial charge in [0.2, 0.25) is 0 Å². The molecule has 0 saturated carbocycles. The molecule has 0 spiro atoms. The third-order valence-electron chi connectivity index (χ3n) is 1.89. The van der Waals surface area contributed by atoms with Crippen LogP contribution in [0.2, 0.25) is 0 Å². The van der Waals surface area contributed by atoms with Crippen LogP contribution in [0.5, 0.6) is 0 Å². The number of carboxylic acids is 1. The van der Waals surface area contributed by atoms with E-state index in [0.717, 1.165) is 0 Å². The minimum Gasteiger partial charge on any atom is -0.481 e. The number of aromatic nitrogens is 2. The largest absolute Gasteiger partial charge is 0.481 e. The standard InChI is InChI=1S/C8H13N3O2/c1-4(2)7(8(12)13)5-3-6(9)11-10-5/h3-4,7H,1-2H3,(H,12,13)(H3,9,10,11). The number of H-pyrrole nitrogens is 1. The molecule has 1 rings (SSSR count). The molecule has 1 unspecified atom stereocenters. The Kier molecular flexibility index (Phi) is 2.55. The Morgan fingerprint density at radius 2 is 2.31 bits per heavy atom. The lowest BCUT2D eigenvalue weighted by Gasteiger charge is -2.13. The molecule has 1 atom stereocenters. The fourth-order valence-electron chi connectivity index (χ4n) is 1.29. The number of aliphatic carboxylic acids is 1. The molecular weight excluding hydrogens is 170 g/mol. The number of nitrogens with one attached hydrogen (secondary N) is 1. The summed E-state index contributed by atoms with van der Waals surface area (Å²) in [6.45, 7) is 3.69. The van der Waals surface area contributed by atoms with E-state index < -0.39 is 11.9 Å². The van der Waals surface area contributed by atoms with Gasteiger partial charge in [-0.3, -0.25) is 9.89 Å². The summed E-state index contributed by atoms with van der Waals surface area (Å²) in [6.07, 6.45) is 0. The highest BCUT2D eigenvalue weighted by Crippen LogP contribution is 2.23. The molecule has 0 aromatic carbocycles. The van der Waals surface area contributed by atoms with Crippen molar-refractivity contribution in [1.29, 1.82) is 0 Å². The maximum atomic E-state index is 10.9. The van der Waals surface area contributed by atoms with E-state index in [2.05, 4.69) is 10.2 Å². The van der Waals surface area contributed by atoms with Gasteiger partial charge in [-0.1, -0.05) is 13.8 Å². The lowest BCUT2D eigenvalue weighted by molar-refractivity contribution is -0.140. The number of carboxylic acid groups (broad SMARTS) is 1. The van der Waals surface area contributed by atoms with Crippen LogP contribution in [0, 0.1) is 5.92 Å². The number of hydrogen-bond acceptors (Lipinski definition) is 3. The van der Waals surface area contributed by atoms with Crippen molar-refractivity contribution in [2.75, 3.05) is 5.73 Å². The van der Waals surface area contributed by atoms with E-state index in [0.29, 0.717) is 11.5 Å². The monoisotopic (exact) mass is 183 g/mol. The number of nitrogens with two attached hydrogens (primary N) is 1. The van der Waals surface area contributed by atoms with Crippen LogP contribution >= 0.6 is 0 Å². The van der Waals surface area contributed by atoms with Gasteiger partial charge in [0.05, 0.1) is 5.69 Å². The topological polar surface area (TPSA) is 92.0 Å². The first-order chi connectivity index (χ1) is 6.02. The number of hydrogen-bond donors (Lipinski definition) is 3. The van der Waals surface area contributed by atoms with Crippen molar-refractivity contribution in [3.8, 4) is 0 Å². The Balaban J connectivity index is 2.95. The molecular formula is C8H13N3O2. The molecule has 0 aliphatic heterocycles. The van der Waals surface area contributed by atoms with Crippen molar-refractivity contribution in [2.24, 2.45) is 5.92 Å². The van der Waals surface area contributed by atoms with Crippen LogP contribution in [0.1, 0.15) is 25.5 Å². The second kappa shape index (κ2) is 3.47. The van der Waals surface area contributed by atoms with Gasteiger partial charge < -0.3 is 10.8 Å². The molecule has 0 fully saturated rings. The Morgan fingerprint density at radius 3 is 2.62 bits per heavy atom. The molecule has 4 N–H and O–H groups in total. The highest BCUT2D eigenvalue weighted by atomic mass is 16.4. The molecule has 0 amide bonds. The van der Waals surface area contributed by atoms with Gasteiger partial charge in [0.1, 0.15) is 11.7 Å². The summed E-state index contributed by atoms with van der Waals surface area (Å²) in [5, 5.41) is 15.2. The number of carbonyl (C=O) groups is 1. The Labute approximate surface area is 75.9 Å². The Hall–Kier alpha value is -1.52. The van der Waals surface area contributed by atoms with Gasteiger partial charge in [-0.25, -0.2) is 0 Å². The predicted molar refractivity (Wildman–Crippen MR) is 48.2 cm³/mol. The Morgan fingerprint density at radius 1 is 1.69 bits per heavy atom. The molecule has 1 heterocycles. The van der Waals surface area contributed by atoms with E-state index in [-0.39, 0.29) is 5.92 Å². The summed E-state index contributed by atoms with van der Waals surface area (Å²) >= 11 is 0. The second-order valence-corrected chi connectivity index (χ2v) is 3.31. The van der Waals surface area contributed by atoms with Crippen molar-refractivity contribution < 1.29 is 9.90 Å². The molecule has 0 aliphatic rings. The van der Waals surface area contributed by atoms with Crippen LogP contribution in [0.25, 0.3) is 0 Å². The lowest BCUT2D eigenvalue weighted by atomic mass is 9.93. The first-order valence-corrected chi connectivity index (χ1v) is 4.06. The van der Waals surface area contributed by atoms with Gasteiger partial charge in [-0.05, 0) is 5.92 Å². The number of nitrogen functional groups attached to an aromatic ring is 1. The first-order valence-electron chi connectivity index (χ1n) is 4.06. The van der Waals surface area contributed by atoms with Crippen molar-refractivity contribution in [3.63, 3.8) is 0 Å². The number of rotatable bonds is 3. The molecule has 0 radical (unpaired) electrons. The van der Waals surface area contributed by atoms with E-state index in [4.69, 9.17) is 10.8 Å². The average molecular weight is 183 g/mol. The Bertz CT molecular complexity index is 306. The third-order valence-corrected chi connectivity index (χ3v) is 1.89. The van der Waals surface area contributed by atoms with Gasteiger partial charge in [0, 0.05) is 6.07 Å². The molecule has 0 bridgehead atoms. The predicted octanol–water partition coefficient (Wildman–Crippen LogP) is 0.816. The van der Waals surface area contributed by atoms with Crippen molar-refractivity contribution in [2.45, 2.75) is 19.8 Å². The second-order valence-electron chi connectivity index (χ2n) is 3.31. The highest BCUT2D eigenvalue weighted by Gasteiger charge is 2.25. The molecule has 0 saturated heterocycles. The van der Waals surface area contributed by atoms with Crippen molar-refractivity contribution >= 4 is 11.8 Å². The molecule has 13 heavy (non-hydrogen) atoms. The van der Waals surface area contributed by atoms with Crippen LogP contribution in [0.4, 0.5) is 5.82 Å². The van der Waals surface area contributed by atoms with E-state index >= 15 is 0 Å². The SMILES string of the molecule is CC(C)C(C(=O)O)c1cc(N)n[nH]1. The van der Waals surface area contributed by atoms with Crippen molar-refractivity contribution in [1.82, 2.24) is 10.2 Å². The quantitative estimate of drug-likeness (QED) is 0.646. The highest BCUT2D eigenvalue weighted by molar-refractivity contribution is 5.76. The van der Waals surface area contributed by atoms with Gasteiger partial charge in [0.15, 0.2) is 0 Å². The van der Waals surface area contributed by atoms with Crippen LogP contribution in [-0.2, 0) is 4.79 Å². The zero-order valence-corrected chi connectivity index (χ0v) is 7.61. The lowest BCUT2D eigenvalue weighted by Crippen LogP contribution is -2.17. The van der Waals surface area contributed by atoms with Crippen LogP contribution in [0.15, 0.2) is 6.07 Å². The molecule has 5 heteroatoms. The normalized spacial score (nSPS) is 13.2. The molecule has 5 nitrogen and oxygen atoms in total. The van der Waals surface area contributed by atoms with E-state index in [1.54, 1.807) is 6.07 Å². The van der Waals surface area contributed by atoms with Crippen LogP contribution < -0.4 is 5.73 Å². The molecule has 72 valence electrons. The van der Waals surface area contributed by atoms with Gasteiger partial charge >= 0.3 is 5.97 Å². The number of nitrogens with zero attached hydrogens (tertiary/aromatic N) is 1. The number of aromatic amines is 1. The number of anilines is 1.